The van der Waals surface area contributed by atoms with Crippen molar-refractivity contribution in [1.82, 2.24) is 0 Å². The van der Waals surface area contributed by atoms with Crippen LogP contribution in [0.2, 0.25) is 0 Å². The van der Waals surface area contributed by atoms with Gasteiger partial charge in [-0.25, -0.2) is 4.79 Å². The summed E-state index contributed by atoms with van der Waals surface area (Å²) in [6.45, 7) is 0.423. The smallest absolute Gasteiger partial charge is 0.337 e. The zero-order chi connectivity index (χ0) is 33.3. The van der Waals surface area contributed by atoms with Crippen LogP contribution in [0, 0.1) is 0 Å². The minimum atomic E-state index is -1.24. The van der Waals surface area contributed by atoms with Crippen molar-refractivity contribution in [3.05, 3.63) is 125 Å². The molecular formula is C37H42O10. The van der Waals surface area contributed by atoms with Crippen molar-refractivity contribution in [2.45, 2.75) is 44.6 Å². The van der Waals surface area contributed by atoms with Crippen LogP contribution in [0.15, 0.2) is 103 Å². The number of esters is 1. The number of carbonyl (C=O) groups excluding carboxylic acids is 1. The second-order valence-corrected chi connectivity index (χ2v) is 10.5. The maximum absolute atomic E-state index is 13.3. The predicted octanol–water partition coefficient (Wildman–Crippen LogP) is 5.83. The van der Waals surface area contributed by atoms with E-state index in [1.165, 1.54) is 21.3 Å². The van der Waals surface area contributed by atoms with Crippen molar-refractivity contribution in [3.63, 3.8) is 0 Å². The van der Waals surface area contributed by atoms with E-state index in [2.05, 4.69) is 0 Å². The zero-order valence-electron chi connectivity index (χ0n) is 26.9. The molecule has 0 saturated carbocycles. The van der Waals surface area contributed by atoms with Crippen LogP contribution in [0.1, 0.15) is 22.3 Å². The number of hydrogen-bond acceptors (Lipinski definition) is 10. The molecule has 0 aliphatic rings. The van der Waals surface area contributed by atoms with Crippen molar-refractivity contribution >= 4 is 5.97 Å². The Hall–Kier alpha value is -4.45. The van der Waals surface area contributed by atoms with Gasteiger partial charge in [0.2, 0.25) is 5.75 Å². The molecule has 0 aromatic heterocycles. The van der Waals surface area contributed by atoms with Crippen LogP contribution in [-0.2, 0) is 59.5 Å². The first-order valence-electron chi connectivity index (χ1n) is 15.2. The largest absolute Gasteiger partial charge is 0.502 e. The summed E-state index contributed by atoms with van der Waals surface area (Å²) in [5.41, 5.74) is 3.49. The molecule has 4 aromatic rings. The monoisotopic (exact) mass is 646 g/mol. The summed E-state index contributed by atoms with van der Waals surface area (Å²) in [7, 11) is 4.18. The predicted molar refractivity (Wildman–Crippen MR) is 174 cm³/mol. The van der Waals surface area contributed by atoms with Crippen LogP contribution in [0.4, 0.5) is 0 Å². The van der Waals surface area contributed by atoms with Gasteiger partial charge in [0.05, 0.1) is 47.3 Å². The first-order chi connectivity index (χ1) is 23.0. The summed E-state index contributed by atoms with van der Waals surface area (Å²) < 4.78 is 46.4. The zero-order valence-corrected chi connectivity index (χ0v) is 26.9. The summed E-state index contributed by atoms with van der Waals surface area (Å²) in [5, 5.41) is 10.5. The topological polar surface area (TPSA) is 111 Å². The van der Waals surface area contributed by atoms with Gasteiger partial charge in [0.15, 0.2) is 17.6 Å². The Kier molecular flexibility index (Phi) is 14.5. The molecule has 4 rings (SSSR count). The highest BCUT2D eigenvalue weighted by Gasteiger charge is 2.38. The van der Waals surface area contributed by atoms with Gasteiger partial charge in [-0.3, -0.25) is 0 Å². The Balaban J connectivity index is 1.61. The van der Waals surface area contributed by atoms with E-state index in [1.54, 1.807) is 12.1 Å². The van der Waals surface area contributed by atoms with Crippen LogP contribution in [0.3, 0.4) is 0 Å². The van der Waals surface area contributed by atoms with E-state index in [4.69, 9.17) is 37.9 Å². The van der Waals surface area contributed by atoms with Crippen molar-refractivity contribution in [2.24, 2.45) is 0 Å². The standard InChI is InChI=1S/C37H42O10/c1-40-31-19-30(20-32(41-2)34(31)38)21-33(46-25-43-22-27-13-7-4-8-14-27)35(45-24-29-17-11-6-12-18-29)36(37(39)42-3)47-26-44-23-28-15-9-5-10-16-28/h4-20,33,35-36,38H,21-26H2,1-3H3/t33-,35+,36-/m1/s1. The molecule has 1 N–H and O–H groups in total. The fraction of sp³-hybridized carbons (Fsp3) is 0.324. The van der Waals surface area contributed by atoms with Crippen molar-refractivity contribution in [3.8, 4) is 17.2 Å². The number of methoxy groups -OCH3 is 3. The van der Waals surface area contributed by atoms with E-state index in [0.29, 0.717) is 12.2 Å². The number of hydrogen-bond donors (Lipinski definition) is 1. The molecular weight excluding hydrogens is 604 g/mol. The van der Waals surface area contributed by atoms with Crippen LogP contribution in [-0.4, -0.2) is 64.3 Å². The lowest BCUT2D eigenvalue weighted by atomic mass is 9.98. The Morgan fingerprint density at radius 2 is 1.09 bits per heavy atom. The molecule has 0 aliphatic carbocycles. The van der Waals surface area contributed by atoms with E-state index < -0.39 is 24.3 Å². The lowest BCUT2D eigenvalue weighted by molar-refractivity contribution is -0.209. The van der Waals surface area contributed by atoms with Crippen LogP contribution in [0.5, 0.6) is 17.2 Å². The van der Waals surface area contributed by atoms with Gasteiger partial charge in [-0.1, -0.05) is 91.0 Å². The summed E-state index contributed by atoms with van der Waals surface area (Å²) in [6.07, 6.45) is -2.84. The molecule has 10 heteroatoms. The number of rotatable bonds is 20. The van der Waals surface area contributed by atoms with E-state index >= 15 is 0 Å². The summed E-state index contributed by atoms with van der Waals surface area (Å²) in [4.78, 5) is 13.3. The summed E-state index contributed by atoms with van der Waals surface area (Å²) in [6, 6.07) is 32.2. The third-order valence-electron chi connectivity index (χ3n) is 7.28. The molecule has 0 amide bonds. The van der Waals surface area contributed by atoms with E-state index in [0.717, 1.165) is 16.7 Å². The molecule has 10 nitrogen and oxygen atoms in total. The molecule has 0 aliphatic heterocycles. The van der Waals surface area contributed by atoms with Gasteiger partial charge in [0.25, 0.3) is 0 Å². The number of phenols is 1. The molecule has 250 valence electrons. The first kappa shape index (κ1) is 35.4. The van der Waals surface area contributed by atoms with Gasteiger partial charge in [-0.2, -0.15) is 0 Å². The Morgan fingerprint density at radius 3 is 1.55 bits per heavy atom. The molecule has 0 bridgehead atoms. The number of benzene rings is 4. The summed E-state index contributed by atoms with van der Waals surface area (Å²) >= 11 is 0. The number of ether oxygens (including phenoxy) is 8. The molecule has 0 spiro atoms. The van der Waals surface area contributed by atoms with Gasteiger partial charge in [0, 0.05) is 6.42 Å². The van der Waals surface area contributed by atoms with Gasteiger partial charge < -0.3 is 43.0 Å². The lowest BCUT2D eigenvalue weighted by Gasteiger charge is -2.32. The molecule has 47 heavy (non-hydrogen) atoms. The molecule has 0 fully saturated rings. The van der Waals surface area contributed by atoms with Gasteiger partial charge in [-0.05, 0) is 34.4 Å². The third-order valence-corrected chi connectivity index (χ3v) is 7.28. The second-order valence-electron chi connectivity index (χ2n) is 10.5. The first-order valence-corrected chi connectivity index (χ1v) is 15.2. The molecule has 3 atom stereocenters. The SMILES string of the molecule is COC(=O)[C@H](OCOCc1ccccc1)[C@@H](OCc1ccccc1)[C@@H](Cc1cc(OC)c(O)c(OC)c1)OCOCc1ccccc1. The average molecular weight is 647 g/mol. The molecule has 0 saturated heterocycles. The fourth-order valence-corrected chi connectivity index (χ4v) is 4.86. The van der Waals surface area contributed by atoms with Gasteiger partial charge in [0.1, 0.15) is 19.7 Å². The Labute approximate surface area is 275 Å². The van der Waals surface area contributed by atoms with Crippen LogP contribution in [0.25, 0.3) is 0 Å². The van der Waals surface area contributed by atoms with Gasteiger partial charge in [-0.15, -0.1) is 0 Å². The van der Waals surface area contributed by atoms with Crippen LogP contribution < -0.4 is 9.47 Å². The van der Waals surface area contributed by atoms with Crippen molar-refractivity contribution in [2.75, 3.05) is 34.9 Å². The minimum absolute atomic E-state index is 0.116. The number of aromatic hydroxyl groups is 1. The van der Waals surface area contributed by atoms with E-state index in [-0.39, 0.29) is 50.5 Å². The molecule has 0 heterocycles. The average Bonchev–Trinajstić information content (AvgIpc) is 3.12. The molecule has 4 aromatic carbocycles. The Bertz CT molecular complexity index is 1440. The number of phenolic OH excluding ortho intramolecular Hbond substituents is 1. The third kappa shape index (κ3) is 11.1. The molecule has 0 radical (unpaired) electrons. The van der Waals surface area contributed by atoms with E-state index in [1.807, 2.05) is 91.0 Å². The quantitative estimate of drug-likeness (QED) is 0.0716. The Morgan fingerprint density at radius 1 is 0.617 bits per heavy atom. The highest BCUT2D eigenvalue weighted by Crippen LogP contribution is 2.38. The van der Waals surface area contributed by atoms with Crippen molar-refractivity contribution in [1.29, 1.82) is 0 Å². The fourth-order valence-electron chi connectivity index (χ4n) is 4.86. The highest BCUT2D eigenvalue weighted by molar-refractivity contribution is 5.75. The highest BCUT2D eigenvalue weighted by atomic mass is 16.7. The maximum Gasteiger partial charge on any atom is 0.337 e. The minimum Gasteiger partial charge on any atom is -0.502 e. The summed E-state index contributed by atoms with van der Waals surface area (Å²) in [5.74, 6) is -0.359. The normalized spacial score (nSPS) is 13.0. The van der Waals surface area contributed by atoms with Gasteiger partial charge >= 0.3 is 5.97 Å². The number of carbonyl (C=O) groups is 1. The van der Waals surface area contributed by atoms with Crippen molar-refractivity contribution < 1.29 is 47.8 Å². The molecule has 0 unspecified atom stereocenters. The van der Waals surface area contributed by atoms with Crippen LogP contribution >= 0.6 is 0 Å². The van der Waals surface area contributed by atoms with E-state index in [9.17, 15) is 9.90 Å². The lowest BCUT2D eigenvalue weighted by Crippen LogP contribution is -2.48. The maximum atomic E-state index is 13.3. The second kappa shape index (κ2) is 19.3.